The van der Waals surface area contributed by atoms with Gasteiger partial charge in [0.25, 0.3) is 10.0 Å². The Bertz CT molecular complexity index is 827. The summed E-state index contributed by atoms with van der Waals surface area (Å²) >= 11 is 9.38. The van der Waals surface area contributed by atoms with E-state index in [2.05, 4.69) is 15.9 Å². The van der Waals surface area contributed by atoms with E-state index in [4.69, 9.17) is 11.6 Å². The molecule has 0 saturated heterocycles. The van der Waals surface area contributed by atoms with Gasteiger partial charge < -0.3 is 5.11 Å². The Labute approximate surface area is 147 Å². The number of benzene rings is 2. The number of rotatable bonds is 5. The fraction of sp³-hybridized carbons (Fsp3) is 0.133. The van der Waals surface area contributed by atoms with Gasteiger partial charge in [-0.3, -0.25) is 4.31 Å². The van der Waals surface area contributed by atoms with Gasteiger partial charge in [-0.2, -0.15) is 0 Å². The van der Waals surface area contributed by atoms with Crippen molar-refractivity contribution in [2.24, 2.45) is 0 Å². The third kappa shape index (κ3) is 3.68. The molecular formula is C15H13BrClNO4S. The predicted molar refractivity (Wildman–Crippen MR) is 92.4 cm³/mol. The molecule has 1 N–H and O–H groups in total. The highest BCUT2D eigenvalue weighted by Crippen LogP contribution is 2.34. The lowest BCUT2D eigenvalue weighted by molar-refractivity contribution is -0.137. The average molecular weight is 419 g/mol. The van der Waals surface area contributed by atoms with Crippen molar-refractivity contribution in [1.29, 1.82) is 0 Å². The maximum atomic E-state index is 12.9. The fourth-order valence-electron chi connectivity index (χ4n) is 2.01. The number of carbonyl (C=O) groups is 1. The van der Waals surface area contributed by atoms with Crippen molar-refractivity contribution >= 4 is 49.2 Å². The Balaban J connectivity index is 2.66. The van der Waals surface area contributed by atoms with Crippen LogP contribution in [-0.4, -0.2) is 25.5 Å². The van der Waals surface area contributed by atoms with Crippen molar-refractivity contribution in [2.75, 3.05) is 4.31 Å². The fourth-order valence-corrected chi connectivity index (χ4v) is 4.48. The summed E-state index contributed by atoms with van der Waals surface area (Å²) in [6.45, 7) is 1.29. The zero-order chi connectivity index (χ0) is 17.2. The summed E-state index contributed by atoms with van der Waals surface area (Å²) in [5.74, 6) is -1.27. The van der Waals surface area contributed by atoms with Gasteiger partial charge in [0.1, 0.15) is 6.04 Å². The lowest BCUT2D eigenvalue weighted by Gasteiger charge is -2.28. The van der Waals surface area contributed by atoms with E-state index < -0.39 is 22.0 Å². The molecule has 2 rings (SSSR count). The van der Waals surface area contributed by atoms with Gasteiger partial charge in [0.15, 0.2) is 0 Å². The van der Waals surface area contributed by atoms with E-state index in [1.807, 2.05) is 0 Å². The number of halogens is 2. The van der Waals surface area contributed by atoms with Gasteiger partial charge in [-0.25, -0.2) is 13.2 Å². The van der Waals surface area contributed by atoms with Crippen LogP contribution in [0, 0.1) is 0 Å². The second-order valence-electron chi connectivity index (χ2n) is 4.72. The molecule has 0 bridgehead atoms. The van der Waals surface area contributed by atoms with E-state index in [1.165, 1.54) is 31.2 Å². The predicted octanol–water partition coefficient (Wildman–Crippen LogP) is 3.77. The molecule has 122 valence electrons. The standard InChI is InChI=1S/C15H13BrClNO4S/c1-10(15(19)20)18(14-8-7-11(16)9-13(14)17)23(21,22)12-5-3-2-4-6-12/h2-10H,1H3,(H,19,20). The van der Waals surface area contributed by atoms with E-state index >= 15 is 0 Å². The summed E-state index contributed by atoms with van der Waals surface area (Å²) < 4.78 is 27.3. The van der Waals surface area contributed by atoms with Crippen LogP contribution < -0.4 is 4.31 Å². The Morgan fingerprint density at radius 2 is 1.83 bits per heavy atom. The molecule has 0 aliphatic carbocycles. The highest BCUT2D eigenvalue weighted by atomic mass is 79.9. The minimum atomic E-state index is -4.08. The maximum absolute atomic E-state index is 12.9. The summed E-state index contributed by atoms with van der Waals surface area (Å²) in [5, 5.41) is 9.44. The first-order valence-electron chi connectivity index (χ1n) is 6.52. The largest absolute Gasteiger partial charge is 0.480 e. The number of carboxylic acids is 1. The number of aliphatic carboxylic acids is 1. The third-order valence-electron chi connectivity index (χ3n) is 3.16. The van der Waals surface area contributed by atoms with Crippen molar-refractivity contribution < 1.29 is 18.3 Å². The van der Waals surface area contributed by atoms with E-state index in [0.717, 1.165) is 4.31 Å². The molecule has 0 saturated carbocycles. The minimum Gasteiger partial charge on any atom is -0.480 e. The zero-order valence-corrected chi connectivity index (χ0v) is 15.1. The van der Waals surface area contributed by atoms with Crippen LogP contribution in [0.4, 0.5) is 5.69 Å². The van der Waals surface area contributed by atoms with Crippen molar-refractivity contribution in [3.05, 3.63) is 58.0 Å². The Kier molecular flexibility index (Phi) is 5.33. The smallest absolute Gasteiger partial charge is 0.327 e. The van der Waals surface area contributed by atoms with Crippen LogP contribution in [0.3, 0.4) is 0 Å². The first kappa shape index (κ1) is 17.8. The molecule has 0 amide bonds. The second-order valence-corrected chi connectivity index (χ2v) is 7.86. The molecule has 0 spiro atoms. The maximum Gasteiger partial charge on any atom is 0.327 e. The van der Waals surface area contributed by atoms with Crippen molar-refractivity contribution in [2.45, 2.75) is 17.9 Å². The molecular weight excluding hydrogens is 406 g/mol. The number of carboxylic acid groups (broad SMARTS) is 1. The SMILES string of the molecule is CC(C(=O)O)N(c1ccc(Br)cc1Cl)S(=O)(=O)c1ccccc1. The van der Waals surface area contributed by atoms with Crippen LogP contribution in [-0.2, 0) is 14.8 Å². The molecule has 1 atom stereocenters. The van der Waals surface area contributed by atoms with Gasteiger partial charge in [0, 0.05) is 4.47 Å². The Morgan fingerprint density at radius 1 is 1.22 bits per heavy atom. The first-order valence-corrected chi connectivity index (χ1v) is 9.13. The number of hydrogen-bond donors (Lipinski definition) is 1. The minimum absolute atomic E-state index is 0.00733. The van der Waals surface area contributed by atoms with Crippen LogP contribution in [0.5, 0.6) is 0 Å². The lowest BCUT2D eigenvalue weighted by Crippen LogP contribution is -2.43. The molecule has 2 aromatic rings. The highest BCUT2D eigenvalue weighted by Gasteiger charge is 2.34. The summed E-state index contributed by atoms with van der Waals surface area (Å²) in [6.07, 6.45) is 0. The first-order chi connectivity index (χ1) is 10.7. The van der Waals surface area contributed by atoms with E-state index in [1.54, 1.807) is 24.3 Å². The number of sulfonamides is 1. The van der Waals surface area contributed by atoms with Gasteiger partial charge in [-0.15, -0.1) is 0 Å². The quantitative estimate of drug-likeness (QED) is 0.802. The lowest BCUT2D eigenvalue weighted by atomic mass is 10.2. The normalized spacial score (nSPS) is 12.7. The van der Waals surface area contributed by atoms with E-state index in [0.29, 0.717) is 4.47 Å². The monoisotopic (exact) mass is 417 g/mol. The highest BCUT2D eigenvalue weighted by molar-refractivity contribution is 9.10. The molecule has 2 aromatic carbocycles. The van der Waals surface area contributed by atoms with Gasteiger partial charge >= 0.3 is 5.97 Å². The zero-order valence-electron chi connectivity index (χ0n) is 12.0. The van der Waals surface area contributed by atoms with Crippen molar-refractivity contribution in [3.8, 4) is 0 Å². The van der Waals surface area contributed by atoms with Crippen LogP contribution in [0.15, 0.2) is 57.9 Å². The number of anilines is 1. The molecule has 0 radical (unpaired) electrons. The molecule has 0 fully saturated rings. The van der Waals surface area contributed by atoms with E-state index in [-0.39, 0.29) is 15.6 Å². The van der Waals surface area contributed by atoms with Gasteiger partial charge in [0.05, 0.1) is 15.6 Å². The molecule has 0 aliphatic rings. The molecule has 23 heavy (non-hydrogen) atoms. The third-order valence-corrected chi connectivity index (χ3v) is 5.85. The average Bonchev–Trinajstić information content (AvgIpc) is 2.50. The molecule has 1 unspecified atom stereocenters. The topological polar surface area (TPSA) is 74.7 Å². The van der Waals surface area contributed by atoms with Crippen LogP contribution in [0.2, 0.25) is 5.02 Å². The van der Waals surface area contributed by atoms with Crippen molar-refractivity contribution in [1.82, 2.24) is 0 Å². The second kappa shape index (κ2) is 6.90. The summed E-state index contributed by atoms with van der Waals surface area (Å²) in [6, 6.07) is 10.9. The van der Waals surface area contributed by atoms with Gasteiger partial charge in [-0.1, -0.05) is 45.7 Å². The van der Waals surface area contributed by atoms with Gasteiger partial charge in [0.2, 0.25) is 0 Å². The molecule has 0 heterocycles. The Morgan fingerprint density at radius 3 is 2.35 bits per heavy atom. The van der Waals surface area contributed by atoms with Crippen LogP contribution in [0.25, 0.3) is 0 Å². The van der Waals surface area contributed by atoms with Crippen molar-refractivity contribution in [3.63, 3.8) is 0 Å². The van der Waals surface area contributed by atoms with Crippen LogP contribution in [0.1, 0.15) is 6.92 Å². The summed E-state index contributed by atoms with van der Waals surface area (Å²) in [4.78, 5) is 11.4. The van der Waals surface area contributed by atoms with E-state index in [9.17, 15) is 18.3 Å². The number of nitrogens with zero attached hydrogens (tertiary/aromatic N) is 1. The summed E-state index contributed by atoms with van der Waals surface area (Å²) in [7, 11) is -4.08. The number of hydrogen-bond acceptors (Lipinski definition) is 3. The van der Waals surface area contributed by atoms with Gasteiger partial charge in [-0.05, 0) is 37.3 Å². The molecule has 0 aromatic heterocycles. The molecule has 8 heteroatoms. The molecule has 0 aliphatic heterocycles. The Hall–Kier alpha value is -1.57. The van der Waals surface area contributed by atoms with Crippen LogP contribution >= 0.6 is 27.5 Å². The summed E-state index contributed by atoms with van der Waals surface area (Å²) in [5.41, 5.74) is 0.105. The molecule has 5 nitrogen and oxygen atoms in total.